The highest BCUT2D eigenvalue weighted by Gasteiger charge is 2.19. The third-order valence-corrected chi connectivity index (χ3v) is 4.07. The van der Waals surface area contributed by atoms with Crippen LogP contribution in [0, 0.1) is 0 Å². The summed E-state index contributed by atoms with van der Waals surface area (Å²) >= 11 is 1.68. The maximum atomic E-state index is 11.4. The Labute approximate surface area is 126 Å². The van der Waals surface area contributed by atoms with Crippen LogP contribution in [0.3, 0.4) is 0 Å². The van der Waals surface area contributed by atoms with E-state index in [1.165, 1.54) is 5.56 Å². The number of carboxylic acids is 1. The summed E-state index contributed by atoms with van der Waals surface area (Å²) < 4.78 is 5.66. The van der Waals surface area contributed by atoms with E-state index in [9.17, 15) is 9.90 Å². The molecule has 3 rings (SSSR count). The maximum Gasteiger partial charge on any atom is 0.339 e. The van der Waals surface area contributed by atoms with Crippen LogP contribution in [0.2, 0.25) is 0 Å². The van der Waals surface area contributed by atoms with Crippen molar-refractivity contribution in [2.75, 3.05) is 6.54 Å². The number of furan rings is 1. The van der Waals surface area contributed by atoms with Gasteiger partial charge in [0.25, 0.3) is 0 Å². The van der Waals surface area contributed by atoms with Gasteiger partial charge in [0.05, 0.1) is 6.54 Å². The SMILES string of the molecule is O=C(O)c1c(CNCCc2ccsc2)oc2ccccc12. The molecule has 108 valence electrons. The summed E-state index contributed by atoms with van der Waals surface area (Å²) in [5, 5.41) is 17.4. The van der Waals surface area contributed by atoms with Gasteiger partial charge < -0.3 is 14.8 Å². The molecule has 0 atom stereocenters. The van der Waals surface area contributed by atoms with Gasteiger partial charge in [-0.2, -0.15) is 11.3 Å². The van der Waals surface area contributed by atoms with Gasteiger partial charge in [-0.15, -0.1) is 0 Å². The van der Waals surface area contributed by atoms with Crippen molar-refractivity contribution in [3.8, 4) is 0 Å². The average Bonchev–Trinajstić information content (AvgIpc) is 3.10. The van der Waals surface area contributed by atoms with E-state index in [-0.39, 0.29) is 5.56 Å². The minimum Gasteiger partial charge on any atom is -0.478 e. The smallest absolute Gasteiger partial charge is 0.339 e. The Kier molecular flexibility index (Phi) is 4.03. The summed E-state index contributed by atoms with van der Waals surface area (Å²) in [6.45, 7) is 1.20. The number of thiophene rings is 1. The van der Waals surface area contributed by atoms with Crippen LogP contribution in [0.5, 0.6) is 0 Å². The number of nitrogens with one attached hydrogen (secondary N) is 1. The molecule has 3 aromatic rings. The Balaban J connectivity index is 1.71. The number of aromatic carboxylic acids is 1. The van der Waals surface area contributed by atoms with Crippen molar-refractivity contribution < 1.29 is 14.3 Å². The summed E-state index contributed by atoms with van der Waals surface area (Å²) in [5.74, 6) is -0.469. The molecule has 0 radical (unpaired) electrons. The molecule has 0 saturated carbocycles. The van der Waals surface area contributed by atoms with Crippen molar-refractivity contribution in [2.24, 2.45) is 0 Å². The minimum absolute atomic E-state index is 0.258. The fourth-order valence-corrected chi connectivity index (χ4v) is 3.03. The second-order valence-electron chi connectivity index (χ2n) is 4.76. The first-order valence-corrected chi connectivity index (χ1v) is 7.65. The van der Waals surface area contributed by atoms with Gasteiger partial charge in [0.1, 0.15) is 16.9 Å². The molecule has 0 fully saturated rings. The second kappa shape index (κ2) is 6.11. The topological polar surface area (TPSA) is 62.5 Å². The predicted molar refractivity (Wildman–Crippen MR) is 82.9 cm³/mol. The number of carbonyl (C=O) groups is 1. The first-order chi connectivity index (χ1) is 10.3. The number of carboxylic acid groups (broad SMARTS) is 1. The van der Waals surface area contributed by atoms with E-state index in [0.717, 1.165) is 13.0 Å². The van der Waals surface area contributed by atoms with Crippen molar-refractivity contribution in [3.05, 3.63) is 58.0 Å². The van der Waals surface area contributed by atoms with Gasteiger partial charge in [-0.3, -0.25) is 0 Å². The number of rotatable bonds is 6. The molecular formula is C16H15NO3S. The van der Waals surface area contributed by atoms with Gasteiger partial charge in [0.15, 0.2) is 0 Å². The fourth-order valence-electron chi connectivity index (χ4n) is 2.32. The van der Waals surface area contributed by atoms with Crippen LogP contribution in [0.25, 0.3) is 11.0 Å². The molecule has 0 amide bonds. The Morgan fingerprint density at radius 2 is 2.14 bits per heavy atom. The third kappa shape index (κ3) is 2.99. The van der Waals surface area contributed by atoms with E-state index in [1.54, 1.807) is 23.5 Å². The maximum absolute atomic E-state index is 11.4. The van der Waals surface area contributed by atoms with E-state index in [4.69, 9.17) is 4.42 Å². The molecule has 5 heteroatoms. The molecule has 4 nitrogen and oxygen atoms in total. The number of fused-ring (bicyclic) bond motifs is 1. The molecule has 0 aliphatic carbocycles. The zero-order chi connectivity index (χ0) is 14.7. The Hall–Kier alpha value is -2.11. The first kappa shape index (κ1) is 13.9. The normalized spacial score (nSPS) is 11.0. The molecule has 0 saturated heterocycles. The van der Waals surface area contributed by atoms with Crippen LogP contribution in [0.4, 0.5) is 0 Å². The Bertz CT molecular complexity index is 746. The largest absolute Gasteiger partial charge is 0.478 e. The highest BCUT2D eigenvalue weighted by Crippen LogP contribution is 2.25. The van der Waals surface area contributed by atoms with Crippen LogP contribution in [-0.2, 0) is 13.0 Å². The van der Waals surface area contributed by atoms with Crippen LogP contribution in [0.1, 0.15) is 21.7 Å². The van der Waals surface area contributed by atoms with Crippen molar-refractivity contribution in [3.63, 3.8) is 0 Å². The van der Waals surface area contributed by atoms with E-state index in [0.29, 0.717) is 23.3 Å². The fraction of sp³-hybridized carbons (Fsp3) is 0.188. The molecule has 2 aromatic heterocycles. The summed E-state index contributed by atoms with van der Waals surface area (Å²) in [6, 6.07) is 9.31. The number of benzene rings is 1. The molecule has 2 heterocycles. The monoisotopic (exact) mass is 301 g/mol. The quantitative estimate of drug-likeness (QED) is 0.684. The van der Waals surface area contributed by atoms with Crippen molar-refractivity contribution >= 4 is 28.3 Å². The molecule has 0 bridgehead atoms. The van der Waals surface area contributed by atoms with Gasteiger partial charge in [-0.1, -0.05) is 18.2 Å². The van der Waals surface area contributed by atoms with E-state index in [1.807, 2.05) is 12.1 Å². The molecule has 0 aliphatic heterocycles. The van der Waals surface area contributed by atoms with Gasteiger partial charge in [0, 0.05) is 5.39 Å². The Morgan fingerprint density at radius 1 is 1.29 bits per heavy atom. The standard InChI is InChI=1S/C16H15NO3S/c18-16(19)15-12-3-1-2-4-13(12)20-14(15)9-17-7-5-11-6-8-21-10-11/h1-4,6,8,10,17H,5,7,9H2,(H,18,19). The summed E-state index contributed by atoms with van der Waals surface area (Å²) in [7, 11) is 0. The average molecular weight is 301 g/mol. The lowest BCUT2D eigenvalue weighted by Gasteiger charge is -2.02. The van der Waals surface area contributed by atoms with Crippen molar-refractivity contribution in [1.82, 2.24) is 5.32 Å². The lowest BCUT2D eigenvalue weighted by molar-refractivity contribution is 0.0696. The zero-order valence-electron chi connectivity index (χ0n) is 11.3. The molecule has 0 spiro atoms. The lowest BCUT2D eigenvalue weighted by Crippen LogP contribution is -2.17. The first-order valence-electron chi connectivity index (χ1n) is 6.71. The zero-order valence-corrected chi connectivity index (χ0v) is 12.2. The van der Waals surface area contributed by atoms with Gasteiger partial charge in [-0.05, 0) is 41.4 Å². The second-order valence-corrected chi connectivity index (χ2v) is 5.54. The third-order valence-electron chi connectivity index (χ3n) is 3.34. The predicted octanol–water partition coefficient (Wildman–Crippen LogP) is 3.52. The van der Waals surface area contributed by atoms with Gasteiger partial charge in [0.2, 0.25) is 0 Å². The molecular weight excluding hydrogens is 286 g/mol. The number of para-hydroxylation sites is 1. The van der Waals surface area contributed by atoms with Crippen LogP contribution in [-0.4, -0.2) is 17.6 Å². The number of hydrogen-bond acceptors (Lipinski definition) is 4. The molecule has 2 N–H and O–H groups in total. The van der Waals surface area contributed by atoms with Crippen LogP contribution < -0.4 is 5.32 Å². The summed E-state index contributed by atoms with van der Waals surface area (Å²) in [4.78, 5) is 11.4. The van der Waals surface area contributed by atoms with Gasteiger partial charge in [-0.25, -0.2) is 4.79 Å². The Morgan fingerprint density at radius 3 is 2.90 bits per heavy atom. The van der Waals surface area contributed by atoms with Crippen molar-refractivity contribution in [1.29, 1.82) is 0 Å². The molecule has 0 aliphatic rings. The van der Waals surface area contributed by atoms with Crippen molar-refractivity contribution in [2.45, 2.75) is 13.0 Å². The van der Waals surface area contributed by atoms with E-state index in [2.05, 4.69) is 22.1 Å². The highest BCUT2D eigenvalue weighted by molar-refractivity contribution is 7.07. The summed E-state index contributed by atoms with van der Waals surface area (Å²) in [6.07, 6.45) is 0.923. The van der Waals surface area contributed by atoms with Crippen LogP contribution >= 0.6 is 11.3 Å². The lowest BCUT2D eigenvalue weighted by atomic mass is 10.1. The molecule has 0 unspecified atom stereocenters. The van der Waals surface area contributed by atoms with E-state index >= 15 is 0 Å². The van der Waals surface area contributed by atoms with Crippen LogP contribution in [0.15, 0.2) is 45.5 Å². The highest BCUT2D eigenvalue weighted by atomic mass is 32.1. The minimum atomic E-state index is -0.949. The molecule has 1 aromatic carbocycles. The van der Waals surface area contributed by atoms with Gasteiger partial charge >= 0.3 is 5.97 Å². The summed E-state index contributed by atoms with van der Waals surface area (Å²) in [5.41, 5.74) is 2.16. The number of hydrogen-bond donors (Lipinski definition) is 2. The van der Waals surface area contributed by atoms with E-state index < -0.39 is 5.97 Å². The molecule has 21 heavy (non-hydrogen) atoms.